The normalized spacial score (nSPS) is 9.77. The van der Waals surface area contributed by atoms with Gasteiger partial charge in [0.2, 0.25) is 5.91 Å². The maximum Gasteiger partial charge on any atom is 0.342 e. The molecular weight excluding hydrogens is 308 g/mol. The van der Waals surface area contributed by atoms with Crippen molar-refractivity contribution in [3.8, 4) is 5.75 Å². The number of hydrogen-bond acceptors (Lipinski definition) is 6. The minimum absolute atomic E-state index is 0.168. The van der Waals surface area contributed by atoms with Crippen LogP contribution in [0.4, 0.5) is 0 Å². The van der Waals surface area contributed by atoms with E-state index in [1.165, 1.54) is 25.9 Å². The minimum atomic E-state index is -0.667. The number of benzene rings is 1. The Morgan fingerprint density at radius 2 is 1.95 bits per heavy atom. The lowest BCUT2D eigenvalue weighted by atomic mass is 10.2. The van der Waals surface area contributed by atoms with E-state index >= 15 is 0 Å². The predicted octanol–water partition coefficient (Wildman–Crippen LogP) is 0.436. The molecule has 0 aromatic heterocycles. The number of carbonyl (C=O) groups excluding carboxylic acids is 3. The second-order valence-electron chi connectivity index (χ2n) is 4.09. The molecule has 22 heavy (non-hydrogen) atoms. The second kappa shape index (κ2) is 8.93. The maximum atomic E-state index is 12.0. The van der Waals surface area contributed by atoms with E-state index in [4.69, 9.17) is 9.47 Å². The van der Waals surface area contributed by atoms with Gasteiger partial charge in [0.25, 0.3) is 5.91 Å². The molecule has 120 valence electrons. The van der Waals surface area contributed by atoms with Crippen LogP contribution in [0, 0.1) is 0 Å². The maximum absolute atomic E-state index is 12.0. The fourth-order valence-electron chi connectivity index (χ4n) is 1.49. The summed E-state index contributed by atoms with van der Waals surface area (Å²) in [5.41, 5.74) is 0.236. The van der Waals surface area contributed by atoms with Crippen LogP contribution in [-0.4, -0.2) is 51.3 Å². The van der Waals surface area contributed by atoms with Crippen molar-refractivity contribution in [1.82, 2.24) is 10.6 Å². The van der Waals surface area contributed by atoms with Crippen molar-refractivity contribution in [2.75, 3.05) is 33.6 Å². The molecular formula is C14H18N2O5S. The topological polar surface area (TPSA) is 93.7 Å². The zero-order valence-corrected chi connectivity index (χ0v) is 13.4. The number of thioether (sulfide) groups is 1. The van der Waals surface area contributed by atoms with Gasteiger partial charge >= 0.3 is 5.97 Å². The molecule has 0 saturated heterocycles. The van der Waals surface area contributed by atoms with Crippen LogP contribution in [0.3, 0.4) is 0 Å². The Morgan fingerprint density at radius 1 is 1.23 bits per heavy atom. The molecule has 1 aromatic rings. The van der Waals surface area contributed by atoms with Crippen LogP contribution in [0.15, 0.2) is 23.1 Å². The summed E-state index contributed by atoms with van der Waals surface area (Å²) in [4.78, 5) is 35.3. The van der Waals surface area contributed by atoms with Gasteiger partial charge < -0.3 is 20.1 Å². The van der Waals surface area contributed by atoms with E-state index in [2.05, 4.69) is 10.6 Å². The lowest BCUT2D eigenvalue weighted by Gasteiger charge is -2.10. The Hall–Kier alpha value is -2.22. The van der Waals surface area contributed by atoms with Crippen LogP contribution in [0.5, 0.6) is 5.75 Å². The van der Waals surface area contributed by atoms with Crippen molar-refractivity contribution in [2.24, 2.45) is 0 Å². The molecule has 0 radical (unpaired) electrons. The van der Waals surface area contributed by atoms with E-state index in [0.717, 1.165) is 4.90 Å². The van der Waals surface area contributed by atoms with E-state index in [0.29, 0.717) is 5.75 Å². The number of ether oxygens (including phenoxy) is 2. The van der Waals surface area contributed by atoms with Crippen molar-refractivity contribution in [2.45, 2.75) is 4.90 Å². The highest BCUT2D eigenvalue weighted by Gasteiger charge is 2.16. The highest BCUT2D eigenvalue weighted by Crippen LogP contribution is 2.25. The van der Waals surface area contributed by atoms with E-state index in [1.807, 2.05) is 6.26 Å². The zero-order chi connectivity index (χ0) is 16.5. The summed E-state index contributed by atoms with van der Waals surface area (Å²) in [5.74, 6) is -1.19. The SMILES string of the molecule is CNC(=O)CNC(=O)COC(=O)c1ccc(SC)cc1OC. The molecule has 2 N–H and O–H groups in total. The van der Waals surface area contributed by atoms with Gasteiger partial charge in [0, 0.05) is 11.9 Å². The van der Waals surface area contributed by atoms with Crippen LogP contribution in [0.25, 0.3) is 0 Å². The van der Waals surface area contributed by atoms with Crippen LogP contribution in [-0.2, 0) is 14.3 Å². The molecule has 0 aliphatic heterocycles. The first-order valence-electron chi connectivity index (χ1n) is 6.38. The highest BCUT2D eigenvalue weighted by atomic mass is 32.2. The van der Waals surface area contributed by atoms with Crippen molar-refractivity contribution in [1.29, 1.82) is 0 Å². The number of amides is 2. The number of likely N-dealkylation sites (N-methyl/N-ethyl adjacent to an activating group) is 1. The second-order valence-corrected chi connectivity index (χ2v) is 4.97. The number of rotatable bonds is 7. The van der Waals surface area contributed by atoms with E-state index in [1.54, 1.807) is 18.2 Å². The van der Waals surface area contributed by atoms with Gasteiger partial charge in [-0.25, -0.2) is 4.79 Å². The number of nitrogens with one attached hydrogen (secondary N) is 2. The summed E-state index contributed by atoms with van der Waals surface area (Å²) in [6.45, 7) is -0.637. The quantitative estimate of drug-likeness (QED) is 0.558. The first-order valence-corrected chi connectivity index (χ1v) is 7.60. The summed E-state index contributed by atoms with van der Waals surface area (Å²) in [6, 6.07) is 5.05. The van der Waals surface area contributed by atoms with Crippen molar-refractivity contribution in [3.05, 3.63) is 23.8 Å². The third kappa shape index (κ3) is 5.28. The van der Waals surface area contributed by atoms with Crippen LogP contribution >= 0.6 is 11.8 Å². The van der Waals surface area contributed by atoms with E-state index in [-0.39, 0.29) is 18.0 Å². The van der Waals surface area contributed by atoms with Crippen molar-refractivity contribution < 1.29 is 23.9 Å². The van der Waals surface area contributed by atoms with Gasteiger partial charge in [0.05, 0.1) is 13.7 Å². The first-order chi connectivity index (χ1) is 10.5. The third-order valence-corrected chi connectivity index (χ3v) is 3.41. The molecule has 0 fully saturated rings. The average Bonchev–Trinajstić information content (AvgIpc) is 2.56. The Labute approximate surface area is 132 Å². The Kier molecular flexibility index (Phi) is 7.24. The fourth-order valence-corrected chi connectivity index (χ4v) is 1.92. The van der Waals surface area contributed by atoms with Gasteiger partial charge in [0.15, 0.2) is 6.61 Å². The summed E-state index contributed by atoms with van der Waals surface area (Å²) in [5, 5.41) is 4.68. The number of methoxy groups -OCH3 is 1. The zero-order valence-electron chi connectivity index (χ0n) is 12.6. The van der Waals surface area contributed by atoms with Crippen LogP contribution in [0.2, 0.25) is 0 Å². The average molecular weight is 326 g/mol. The summed E-state index contributed by atoms with van der Waals surface area (Å²) < 4.78 is 10.0. The number of hydrogen-bond donors (Lipinski definition) is 2. The summed E-state index contributed by atoms with van der Waals surface area (Å²) >= 11 is 1.51. The summed E-state index contributed by atoms with van der Waals surface area (Å²) in [6.07, 6.45) is 1.91. The number of esters is 1. The van der Waals surface area contributed by atoms with Crippen LogP contribution in [0.1, 0.15) is 10.4 Å². The summed E-state index contributed by atoms with van der Waals surface area (Å²) in [7, 11) is 2.91. The lowest BCUT2D eigenvalue weighted by Crippen LogP contribution is -2.37. The molecule has 8 heteroatoms. The van der Waals surface area contributed by atoms with E-state index in [9.17, 15) is 14.4 Å². The minimum Gasteiger partial charge on any atom is -0.496 e. The smallest absolute Gasteiger partial charge is 0.342 e. The monoisotopic (exact) mass is 326 g/mol. The predicted molar refractivity (Wildman–Crippen MR) is 82.1 cm³/mol. The Morgan fingerprint density at radius 3 is 2.55 bits per heavy atom. The molecule has 0 spiro atoms. The van der Waals surface area contributed by atoms with Gasteiger partial charge in [0.1, 0.15) is 11.3 Å². The highest BCUT2D eigenvalue weighted by molar-refractivity contribution is 7.98. The third-order valence-electron chi connectivity index (χ3n) is 2.69. The molecule has 2 amide bonds. The van der Waals surface area contributed by atoms with Gasteiger partial charge in [-0.2, -0.15) is 0 Å². The molecule has 0 aliphatic carbocycles. The van der Waals surface area contributed by atoms with Gasteiger partial charge in [-0.3, -0.25) is 9.59 Å². The molecule has 1 rings (SSSR count). The van der Waals surface area contributed by atoms with Crippen molar-refractivity contribution in [3.63, 3.8) is 0 Å². The Bertz CT molecular complexity index is 562. The molecule has 0 aliphatic rings. The molecule has 0 bridgehead atoms. The standard InChI is InChI=1S/C14H18N2O5S/c1-15-12(17)7-16-13(18)8-21-14(19)10-5-4-9(22-3)6-11(10)20-2/h4-6H,7-8H2,1-3H3,(H,15,17)(H,16,18). The molecule has 0 unspecified atom stereocenters. The molecule has 1 aromatic carbocycles. The van der Waals surface area contributed by atoms with Gasteiger partial charge in [-0.15, -0.1) is 11.8 Å². The molecule has 0 heterocycles. The Balaban J connectivity index is 2.58. The molecule has 7 nitrogen and oxygen atoms in total. The fraction of sp³-hybridized carbons (Fsp3) is 0.357. The first kappa shape index (κ1) is 17.8. The largest absolute Gasteiger partial charge is 0.496 e. The van der Waals surface area contributed by atoms with Gasteiger partial charge in [-0.05, 0) is 24.5 Å². The van der Waals surface area contributed by atoms with Gasteiger partial charge in [-0.1, -0.05) is 0 Å². The van der Waals surface area contributed by atoms with Crippen LogP contribution < -0.4 is 15.4 Å². The van der Waals surface area contributed by atoms with E-state index < -0.39 is 18.5 Å². The lowest BCUT2D eigenvalue weighted by molar-refractivity contribution is -0.127. The molecule has 0 atom stereocenters. The number of carbonyl (C=O) groups is 3. The molecule has 0 saturated carbocycles. The van der Waals surface area contributed by atoms with Crippen molar-refractivity contribution >= 4 is 29.5 Å².